The Morgan fingerprint density at radius 3 is 2.54 bits per heavy atom. The molecular formula is C22H33NO5. The minimum atomic E-state index is -0.700. The van der Waals surface area contributed by atoms with Gasteiger partial charge in [-0.2, -0.15) is 0 Å². The number of methoxy groups -OCH3 is 2. The third-order valence-corrected chi connectivity index (χ3v) is 4.78. The molecule has 1 saturated carbocycles. The van der Waals surface area contributed by atoms with Crippen LogP contribution in [0, 0.1) is 6.92 Å². The van der Waals surface area contributed by atoms with E-state index in [1.165, 1.54) is 0 Å². The average Bonchev–Trinajstić information content (AvgIpc) is 3.49. The SMILES string of the molecule is C=CC(C)(C)OC(=O)N(Cc1cc(OCCCOC)c(OC)cc1C)C1CC1. The van der Waals surface area contributed by atoms with Gasteiger partial charge in [-0.25, -0.2) is 4.79 Å². The van der Waals surface area contributed by atoms with Gasteiger partial charge in [0.15, 0.2) is 11.5 Å². The predicted octanol–water partition coefficient (Wildman–Crippen LogP) is 4.48. The highest BCUT2D eigenvalue weighted by Crippen LogP contribution is 2.34. The molecule has 0 radical (unpaired) electrons. The summed E-state index contributed by atoms with van der Waals surface area (Å²) in [6.07, 6.45) is 4.11. The van der Waals surface area contributed by atoms with Crippen LogP contribution in [0.5, 0.6) is 11.5 Å². The zero-order chi connectivity index (χ0) is 20.7. The molecule has 6 nitrogen and oxygen atoms in total. The second kappa shape index (κ2) is 9.82. The van der Waals surface area contributed by atoms with E-state index in [0.717, 1.165) is 30.4 Å². The second-order valence-corrected chi connectivity index (χ2v) is 7.66. The highest BCUT2D eigenvalue weighted by molar-refractivity contribution is 5.69. The molecule has 28 heavy (non-hydrogen) atoms. The summed E-state index contributed by atoms with van der Waals surface area (Å²) < 4.78 is 22.0. The van der Waals surface area contributed by atoms with Crippen LogP contribution in [-0.2, 0) is 16.0 Å². The van der Waals surface area contributed by atoms with Crippen molar-refractivity contribution in [3.05, 3.63) is 35.9 Å². The fourth-order valence-electron chi connectivity index (χ4n) is 2.77. The molecule has 0 unspecified atom stereocenters. The molecule has 1 fully saturated rings. The van der Waals surface area contributed by atoms with Crippen LogP contribution in [0.4, 0.5) is 4.79 Å². The van der Waals surface area contributed by atoms with Crippen molar-refractivity contribution in [1.29, 1.82) is 0 Å². The minimum absolute atomic E-state index is 0.223. The first kappa shape index (κ1) is 22.1. The Hall–Kier alpha value is -2.21. The number of carbonyl (C=O) groups is 1. The number of benzene rings is 1. The van der Waals surface area contributed by atoms with Crippen molar-refractivity contribution in [1.82, 2.24) is 4.90 Å². The first-order valence-corrected chi connectivity index (χ1v) is 9.73. The number of aryl methyl sites for hydroxylation is 1. The van der Waals surface area contributed by atoms with Gasteiger partial charge >= 0.3 is 6.09 Å². The summed E-state index contributed by atoms with van der Waals surface area (Å²) in [6.45, 7) is 11.1. The van der Waals surface area contributed by atoms with Gasteiger partial charge in [0, 0.05) is 32.7 Å². The van der Waals surface area contributed by atoms with Gasteiger partial charge in [0.25, 0.3) is 0 Å². The molecule has 0 bridgehead atoms. The lowest BCUT2D eigenvalue weighted by Crippen LogP contribution is -2.38. The number of amides is 1. The van der Waals surface area contributed by atoms with Gasteiger partial charge in [-0.1, -0.05) is 6.58 Å². The summed E-state index contributed by atoms with van der Waals surface area (Å²) in [6, 6.07) is 4.13. The highest BCUT2D eigenvalue weighted by Gasteiger charge is 2.36. The summed E-state index contributed by atoms with van der Waals surface area (Å²) in [5, 5.41) is 0. The quantitative estimate of drug-likeness (QED) is 0.411. The maximum atomic E-state index is 12.8. The molecule has 1 aromatic carbocycles. The molecule has 0 aromatic heterocycles. The van der Waals surface area contributed by atoms with Gasteiger partial charge in [0.1, 0.15) is 5.60 Å². The standard InChI is InChI=1S/C22H33NO5/c1-7-22(3,4)28-21(24)23(18-9-10-18)15-17-14-20(27-12-8-11-25-5)19(26-6)13-16(17)2/h7,13-14,18H,1,8-12,15H2,2-6H3. The van der Waals surface area contributed by atoms with Crippen molar-refractivity contribution in [2.75, 3.05) is 27.4 Å². The van der Waals surface area contributed by atoms with E-state index in [9.17, 15) is 4.79 Å². The molecule has 1 amide bonds. The average molecular weight is 392 g/mol. The van der Waals surface area contributed by atoms with Crippen molar-refractivity contribution in [2.24, 2.45) is 0 Å². The minimum Gasteiger partial charge on any atom is -0.493 e. The van der Waals surface area contributed by atoms with Crippen LogP contribution in [0.25, 0.3) is 0 Å². The first-order valence-electron chi connectivity index (χ1n) is 9.73. The van der Waals surface area contributed by atoms with Crippen LogP contribution in [-0.4, -0.2) is 50.1 Å². The van der Waals surface area contributed by atoms with Crippen molar-refractivity contribution in [3.63, 3.8) is 0 Å². The molecule has 1 aliphatic rings. The van der Waals surface area contributed by atoms with Crippen LogP contribution in [0.3, 0.4) is 0 Å². The molecule has 0 atom stereocenters. The van der Waals surface area contributed by atoms with E-state index >= 15 is 0 Å². The van der Waals surface area contributed by atoms with Crippen LogP contribution in [0.15, 0.2) is 24.8 Å². The van der Waals surface area contributed by atoms with Crippen LogP contribution in [0.2, 0.25) is 0 Å². The Bertz CT molecular complexity index is 682. The molecule has 0 aliphatic heterocycles. The maximum absolute atomic E-state index is 12.8. The third kappa shape index (κ3) is 6.16. The third-order valence-electron chi connectivity index (χ3n) is 4.78. The van der Waals surface area contributed by atoms with Gasteiger partial charge in [0.05, 0.1) is 13.7 Å². The van der Waals surface area contributed by atoms with E-state index in [0.29, 0.717) is 31.3 Å². The summed E-state index contributed by atoms with van der Waals surface area (Å²) in [4.78, 5) is 14.6. The molecule has 0 heterocycles. The van der Waals surface area contributed by atoms with Gasteiger partial charge in [0.2, 0.25) is 0 Å². The predicted molar refractivity (Wildman–Crippen MR) is 109 cm³/mol. The lowest BCUT2D eigenvalue weighted by Gasteiger charge is -2.28. The Morgan fingerprint density at radius 1 is 1.25 bits per heavy atom. The number of rotatable bonds is 11. The molecule has 6 heteroatoms. The number of nitrogens with zero attached hydrogens (tertiary/aromatic N) is 1. The molecule has 2 rings (SSSR count). The Balaban J connectivity index is 2.17. The van der Waals surface area contributed by atoms with E-state index in [2.05, 4.69) is 6.58 Å². The van der Waals surface area contributed by atoms with E-state index in [1.807, 2.05) is 32.9 Å². The lowest BCUT2D eigenvalue weighted by atomic mass is 10.1. The normalized spacial score (nSPS) is 13.8. The zero-order valence-corrected chi connectivity index (χ0v) is 17.7. The second-order valence-electron chi connectivity index (χ2n) is 7.66. The molecular weight excluding hydrogens is 358 g/mol. The molecule has 1 aliphatic carbocycles. The Kier molecular flexibility index (Phi) is 7.75. The zero-order valence-electron chi connectivity index (χ0n) is 17.7. The molecule has 0 saturated heterocycles. The molecule has 0 spiro atoms. The van der Waals surface area contributed by atoms with E-state index in [1.54, 1.807) is 25.2 Å². The highest BCUT2D eigenvalue weighted by atomic mass is 16.6. The summed E-state index contributed by atoms with van der Waals surface area (Å²) in [5.74, 6) is 1.36. The van der Waals surface area contributed by atoms with Gasteiger partial charge < -0.3 is 23.8 Å². The maximum Gasteiger partial charge on any atom is 0.411 e. The van der Waals surface area contributed by atoms with Gasteiger partial charge in [-0.05, 0) is 62.9 Å². The monoisotopic (exact) mass is 391 g/mol. The summed E-state index contributed by atoms with van der Waals surface area (Å²) in [5.41, 5.74) is 1.36. The van der Waals surface area contributed by atoms with Crippen molar-refractivity contribution in [2.45, 2.75) is 58.2 Å². The van der Waals surface area contributed by atoms with Gasteiger partial charge in [-0.15, -0.1) is 0 Å². The largest absolute Gasteiger partial charge is 0.493 e. The fraction of sp³-hybridized carbons (Fsp3) is 0.591. The van der Waals surface area contributed by atoms with Crippen molar-refractivity contribution < 1.29 is 23.7 Å². The number of hydrogen-bond donors (Lipinski definition) is 0. The van der Waals surface area contributed by atoms with E-state index in [-0.39, 0.29) is 12.1 Å². The van der Waals surface area contributed by atoms with Crippen LogP contribution in [0.1, 0.15) is 44.2 Å². The Morgan fingerprint density at radius 2 is 1.96 bits per heavy atom. The topological polar surface area (TPSA) is 57.2 Å². The van der Waals surface area contributed by atoms with E-state index in [4.69, 9.17) is 18.9 Å². The van der Waals surface area contributed by atoms with E-state index < -0.39 is 5.60 Å². The van der Waals surface area contributed by atoms with Gasteiger partial charge in [-0.3, -0.25) is 0 Å². The van der Waals surface area contributed by atoms with Crippen LogP contribution >= 0.6 is 0 Å². The molecule has 0 N–H and O–H groups in total. The number of carbonyl (C=O) groups excluding carboxylic acids is 1. The fourth-order valence-corrected chi connectivity index (χ4v) is 2.77. The van der Waals surface area contributed by atoms with Crippen LogP contribution < -0.4 is 9.47 Å². The summed E-state index contributed by atoms with van der Waals surface area (Å²) in [7, 11) is 3.30. The smallest absolute Gasteiger partial charge is 0.411 e. The molecule has 156 valence electrons. The lowest BCUT2D eigenvalue weighted by molar-refractivity contribution is 0.0375. The number of ether oxygens (including phenoxy) is 4. The first-order chi connectivity index (χ1) is 13.3. The molecule has 1 aromatic rings. The Labute approximate surface area is 168 Å². The number of hydrogen-bond acceptors (Lipinski definition) is 5. The summed E-state index contributed by atoms with van der Waals surface area (Å²) >= 11 is 0. The van der Waals surface area contributed by atoms with Crippen molar-refractivity contribution >= 4 is 6.09 Å². The van der Waals surface area contributed by atoms with Crippen molar-refractivity contribution in [3.8, 4) is 11.5 Å².